The van der Waals surface area contributed by atoms with Crippen molar-refractivity contribution in [1.82, 2.24) is 5.32 Å². The molecular weight excluding hydrogens is 492 g/mol. The van der Waals surface area contributed by atoms with Gasteiger partial charge in [0.15, 0.2) is 14.1 Å². The Hall–Kier alpha value is -2.49. The standard InChI is InChI=1S/C27H38N2O5SSi/c1-17-14-15-22(35(32,33)29-20-12-10-9-11-13-20)21(16-17)25(30)18(2)24-23(26(31)28-24)19(3)34-36(7,8)27(4,5)6/h9-16,18-19,23-24,29H,1-8H3,(H,28,31)/t18-,19-,23-,24-/m1/s1. The summed E-state index contributed by atoms with van der Waals surface area (Å²) in [4.78, 5) is 26.2. The minimum absolute atomic E-state index is 0.0189. The number of carbonyl (C=O) groups is 2. The lowest BCUT2D eigenvalue weighted by molar-refractivity contribution is -0.141. The highest BCUT2D eigenvalue weighted by molar-refractivity contribution is 7.92. The summed E-state index contributed by atoms with van der Waals surface area (Å²) >= 11 is 0. The highest BCUT2D eigenvalue weighted by Crippen LogP contribution is 2.40. The van der Waals surface area contributed by atoms with Crippen LogP contribution in [0.5, 0.6) is 0 Å². The number of para-hydroxylation sites is 1. The number of hydrogen-bond acceptors (Lipinski definition) is 5. The zero-order valence-electron chi connectivity index (χ0n) is 22.4. The minimum atomic E-state index is -4.01. The molecule has 2 N–H and O–H groups in total. The quantitative estimate of drug-likeness (QED) is 0.266. The van der Waals surface area contributed by atoms with Crippen LogP contribution in [0.4, 0.5) is 5.69 Å². The molecule has 196 valence electrons. The fourth-order valence-corrected chi connectivity index (χ4v) is 6.95. The number of nitrogens with one attached hydrogen (secondary N) is 2. The Morgan fingerprint density at radius 2 is 1.69 bits per heavy atom. The number of Topliss-reactive ketones (excluding diaryl/α,β-unsaturated/α-hetero) is 1. The van der Waals surface area contributed by atoms with E-state index in [4.69, 9.17) is 4.43 Å². The van der Waals surface area contributed by atoms with Crippen LogP contribution in [-0.2, 0) is 19.2 Å². The van der Waals surface area contributed by atoms with Crippen LogP contribution < -0.4 is 10.0 Å². The summed E-state index contributed by atoms with van der Waals surface area (Å²) in [7, 11) is -6.14. The molecule has 2 aromatic carbocycles. The first-order chi connectivity index (χ1) is 16.5. The van der Waals surface area contributed by atoms with E-state index in [0.717, 1.165) is 5.56 Å². The molecule has 0 unspecified atom stereocenters. The van der Waals surface area contributed by atoms with Gasteiger partial charge in [0.05, 0.1) is 23.0 Å². The molecule has 0 saturated carbocycles. The lowest BCUT2D eigenvalue weighted by Gasteiger charge is -2.47. The monoisotopic (exact) mass is 530 g/mol. The molecule has 0 aliphatic carbocycles. The molecule has 0 aromatic heterocycles. The van der Waals surface area contributed by atoms with Crippen molar-refractivity contribution in [2.75, 3.05) is 4.72 Å². The SMILES string of the molecule is Cc1ccc(S(=O)(=O)Nc2ccccc2)c(C(=O)[C@H](C)[C@H]2NC(=O)[C@@H]2[C@@H](C)O[Si](C)(C)C(C)(C)C)c1. The van der Waals surface area contributed by atoms with Crippen molar-refractivity contribution in [2.45, 2.75) is 76.7 Å². The summed E-state index contributed by atoms with van der Waals surface area (Å²) in [5.41, 5.74) is 1.30. The fraction of sp³-hybridized carbons (Fsp3) is 0.481. The number of anilines is 1. The predicted octanol–water partition coefficient (Wildman–Crippen LogP) is 5.14. The molecule has 0 bridgehead atoms. The van der Waals surface area contributed by atoms with Gasteiger partial charge in [0.25, 0.3) is 10.0 Å². The molecule has 1 aliphatic heterocycles. The fourth-order valence-electron chi connectivity index (χ4n) is 4.27. The van der Waals surface area contributed by atoms with Gasteiger partial charge in [-0.1, -0.05) is 57.5 Å². The van der Waals surface area contributed by atoms with E-state index in [2.05, 4.69) is 43.9 Å². The summed E-state index contributed by atoms with van der Waals surface area (Å²) in [6.45, 7) is 16.1. The Kier molecular flexibility index (Phi) is 7.88. The molecule has 1 amide bonds. The molecule has 4 atom stereocenters. The highest BCUT2D eigenvalue weighted by Gasteiger charge is 2.50. The number of aryl methyl sites for hydroxylation is 1. The third-order valence-electron chi connectivity index (χ3n) is 7.46. The van der Waals surface area contributed by atoms with Gasteiger partial charge in [0, 0.05) is 17.2 Å². The van der Waals surface area contributed by atoms with Crippen LogP contribution in [0.2, 0.25) is 18.1 Å². The Morgan fingerprint density at radius 3 is 2.25 bits per heavy atom. The van der Waals surface area contributed by atoms with Crippen molar-refractivity contribution in [3.8, 4) is 0 Å². The van der Waals surface area contributed by atoms with Crippen molar-refractivity contribution in [3.63, 3.8) is 0 Å². The highest BCUT2D eigenvalue weighted by atomic mass is 32.2. The van der Waals surface area contributed by atoms with Gasteiger partial charge in [-0.15, -0.1) is 0 Å². The average molecular weight is 531 g/mol. The number of rotatable bonds is 9. The molecule has 7 nitrogen and oxygen atoms in total. The zero-order valence-corrected chi connectivity index (χ0v) is 24.2. The van der Waals surface area contributed by atoms with Crippen LogP contribution in [-0.4, -0.2) is 40.6 Å². The molecular formula is C27H38N2O5SSi. The normalized spacial score (nSPS) is 20.2. The van der Waals surface area contributed by atoms with Crippen molar-refractivity contribution in [2.24, 2.45) is 11.8 Å². The second kappa shape index (κ2) is 10.1. The van der Waals surface area contributed by atoms with Gasteiger partial charge in [0.2, 0.25) is 5.91 Å². The number of benzene rings is 2. The zero-order chi connectivity index (χ0) is 27.1. The molecule has 3 rings (SSSR count). The Morgan fingerprint density at radius 1 is 1.08 bits per heavy atom. The molecule has 1 aliphatic rings. The number of carbonyl (C=O) groups excluding carboxylic acids is 2. The summed E-state index contributed by atoms with van der Waals surface area (Å²) in [6, 6.07) is 12.8. The van der Waals surface area contributed by atoms with Gasteiger partial charge in [0.1, 0.15) is 0 Å². The number of ketones is 1. The average Bonchev–Trinajstić information content (AvgIpc) is 2.75. The van der Waals surface area contributed by atoms with Gasteiger partial charge >= 0.3 is 0 Å². The third-order valence-corrected chi connectivity index (χ3v) is 13.5. The van der Waals surface area contributed by atoms with Crippen LogP contribution >= 0.6 is 0 Å². The predicted molar refractivity (Wildman–Crippen MR) is 145 cm³/mol. The molecule has 9 heteroatoms. The van der Waals surface area contributed by atoms with Crippen molar-refractivity contribution in [1.29, 1.82) is 0 Å². The number of amides is 1. The van der Waals surface area contributed by atoms with E-state index < -0.39 is 36.2 Å². The van der Waals surface area contributed by atoms with Gasteiger partial charge < -0.3 is 9.74 Å². The van der Waals surface area contributed by atoms with Crippen molar-refractivity contribution in [3.05, 3.63) is 59.7 Å². The molecule has 2 aromatic rings. The maximum absolute atomic E-state index is 13.7. The largest absolute Gasteiger partial charge is 0.413 e. The second-order valence-electron chi connectivity index (χ2n) is 11.3. The van der Waals surface area contributed by atoms with Crippen LogP contribution in [0.3, 0.4) is 0 Å². The smallest absolute Gasteiger partial charge is 0.262 e. The maximum Gasteiger partial charge on any atom is 0.262 e. The van der Waals surface area contributed by atoms with E-state index in [1.54, 1.807) is 49.4 Å². The molecule has 1 fully saturated rings. The van der Waals surface area contributed by atoms with E-state index in [1.165, 1.54) is 6.07 Å². The third kappa shape index (κ3) is 5.73. The summed E-state index contributed by atoms with van der Waals surface area (Å²) in [5.74, 6) is -1.59. The molecule has 0 spiro atoms. The van der Waals surface area contributed by atoms with E-state index in [9.17, 15) is 18.0 Å². The first kappa shape index (κ1) is 28.1. The van der Waals surface area contributed by atoms with Gasteiger partial charge in [-0.3, -0.25) is 14.3 Å². The lowest BCUT2D eigenvalue weighted by Crippen LogP contribution is -2.66. The Bertz CT molecular complexity index is 1240. The van der Waals surface area contributed by atoms with Crippen LogP contribution in [0.25, 0.3) is 0 Å². The second-order valence-corrected chi connectivity index (χ2v) is 17.7. The molecule has 1 heterocycles. The maximum atomic E-state index is 13.7. The van der Waals surface area contributed by atoms with Gasteiger partial charge in [-0.05, 0) is 56.2 Å². The van der Waals surface area contributed by atoms with Crippen LogP contribution in [0.15, 0.2) is 53.4 Å². The van der Waals surface area contributed by atoms with Crippen molar-refractivity contribution < 1.29 is 22.4 Å². The van der Waals surface area contributed by atoms with E-state index in [0.29, 0.717) is 5.69 Å². The number of sulfonamides is 1. The van der Waals surface area contributed by atoms with E-state index in [1.807, 2.05) is 13.8 Å². The Labute approximate surface area is 216 Å². The molecule has 0 radical (unpaired) electrons. The lowest BCUT2D eigenvalue weighted by atomic mass is 9.76. The summed E-state index contributed by atoms with van der Waals surface area (Å²) in [6.07, 6.45) is -0.361. The molecule has 36 heavy (non-hydrogen) atoms. The first-order valence-electron chi connectivity index (χ1n) is 12.3. The van der Waals surface area contributed by atoms with E-state index in [-0.39, 0.29) is 33.3 Å². The first-order valence-corrected chi connectivity index (χ1v) is 16.7. The van der Waals surface area contributed by atoms with Crippen molar-refractivity contribution >= 4 is 35.7 Å². The van der Waals surface area contributed by atoms with Gasteiger partial charge in [-0.25, -0.2) is 8.42 Å². The number of hydrogen-bond donors (Lipinski definition) is 2. The summed E-state index contributed by atoms with van der Waals surface area (Å²) in [5, 5.41) is 2.85. The molecule has 1 saturated heterocycles. The van der Waals surface area contributed by atoms with Crippen LogP contribution in [0, 0.1) is 18.8 Å². The Balaban J connectivity index is 1.87. The summed E-state index contributed by atoms with van der Waals surface area (Å²) < 4.78 is 35.5. The topological polar surface area (TPSA) is 102 Å². The van der Waals surface area contributed by atoms with Gasteiger partial charge in [-0.2, -0.15) is 0 Å². The van der Waals surface area contributed by atoms with E-state index >= 15 is 0 Å². The van der Waals surface area contributed by atoms with Crippen LogP contribution in [0.1, 0.15) is 50.5 Å². The minimum Gasteiger partial charge on any atom is -0.413 e. The number of β-lactam (4-membered cyclic amide) rings is 1.